The van der Waals surface area contributed by atoms with Crippen molar-refractivity contribution in [2.75, 3.05) is 27.2 Å². The molecule has 0 saturated heterocycles. The van der Waals surface area contributed by atoms with Crippen LogP contribution < -0.4 is 4.74 Å². The molecule has 0 radical (unpaired) electrons. The number of nitrogens with one attached hydrogen (secondary N) is 1. The van der Waals surface area contributed by atoms with Crippen molar-refractivity contribution in [1.29, 1.82) is 0 Å². The van der Waals surface area contributed by atoms with Gasteiger partial charge in [0.2, 0.25) is 0 Å². The number of esters is 1. The molecule has 0 amide bonds. The van der Waals surface area contributed by atoms with Crippen LogP contribution >= 0.6 is 0 Å². The maximum Gasteiger partial charge on any atom is 0.308 e. The van der Waals surface area contributed by atoms with Gasteiger partial charge in [-0.3, -0.25) is 4.79 Å². The monoisotopic (exact) mass is 501 g/mol. The van der Waals surface area contributed by atoms with E-state index < -0.39 is 5.60 Å². The molecule has 6 nitrogen and oxygen atoms in total. The summed E-state index contributed by atoms with van der Waals surface area (Å²) in [4.78, 5) is 23.4. The van der Waals surface area contributed by atoms with Crippen LogP contribution in [0.1, 0.15) is 50.9 Å². The second-order valence-corrected chi connectivity index (χ2v) is 11.1. The lowest BCUT2D eigenvalue weighted by Crippen LogP contribution is -2.51. The first-order valence-electron chi connectivity index (χ1n) is 13.6. The Bertz CT molecular complexity index is 1270. The number of hydrogen-bond donors (Lipinski definition) is 1. The van der Waals surface area contributed by atoms with Crippen molar-refractivity contribution in [3.05, 3.63) is 66.0 Å². The van der Waals surface area contributed by atoms with E-state index in [1.54, 1.807) is 7.11 Å². The van der Waals surface area contributed by atoms with E-state index in [1.807, 2.05) is 32.0 Å². The molecule has 3 aliphatic rings. The topological polar surface area (TPSA) is 67.4 Å². The normalized spacial score (nSPS) is 23.0. The minimum atomic E-state index is -0.427. The summed E-state index contributed by atoms with van der Waals surface area (Å²) in [6, 6.07) is 16.6. The number of ether oxygens (including phenoxy) is 2. The molecule has 3 aromatic rings. The first-order valence-corrected chi connectivity index (χ1v) is 13.6. The molecule has 1 N–H and O–H groups in total. The number of carbonyl (C=O) groups is 1. The van der Waals surface area contributed by atoms with Gasteiger partial charge in [0, 0.05) is 31.8 Å². The average molecular weight is 502 g/mol. The van der Waals surface area contributed by atoms with E-state index in [9.17, 15) is 4.79 Å². The van der Waals surface area contributed by atoms with Crippen LogP contribution in [0.15, 0.2) is 54.6 Å². The van der Waals surface area contributed by atoms with Crippen molar-refractivity contribution < 1.29 is 14.3 Å². The largest absolute Gasteiger partial charge is 0.494 e. The smallest absolute Gasteiger partial charge is 0.308 e. The molecule has 37 heavy (non-hydrogen) atoms. The van der Waals surface area contributed by atoms with Gasteiger partial charge in [-0.05, 0) is 55.5 Å². The maximum absolute atomic E-state index is 12.9. The van der Waals surface area contributed by atoms with Crippen molar-refractivity contribution in [2.45, 2.75) is 51.6 Å². The number of allylic oxidation sites excluding steroid dienone is 1. The van der Waals surface area contributed by atoms with Gasteiger partial charge in [-0.2, -0.15) is 0 Å². The number of aromatic nitrogens is 2. The Morgan fingerprint density at radius 3 is 2.65 bits per heavy atom. The summed E-state index contributed by atoms with van der Waals surface area (Å²) in [5.41, 5.74) is 4.18. The van der Waals surface area contributed by atoms with Crippen molar-refractivity contribution in [1.82, 2.24) is 14.9 Å². The Kier molecular flexibility index (Phi) is 7.38. The number of aromatic amines is 1. The molecule has 1 aromatic heterocycles. The molecule has 0 unspecified atom stereocenters. The van der Waals surface area contributed by atoms with Crippen molar-refractivity contribution in [3.8, 4) is 5.75 Å². The van der Waals surface area contributed by atoms with E-state index in [0.717, 1.165) is 67.8 Å². The van der Waals surface area contributed by atoms with Crippen LogP contribution in [-0.4, -0.2) is 53.7 Å². The Hall–Kier alpha value is -3.12. The van der Waals surface area contributed by atoms with Gasteiger partial charge < -0.3 is 19.4 Å². The molecule has 3 atom stereocenters. The number of benzene rings is 2. The van der Waals surface area contributed by atoms with Gasteiger partial charge in [0.05, 0.1) is 18.5 Å². The highest BCUT2D eigenvalue weighted by Crippen LogP contribution is 2.53. The molecule has 1 heterocycles. The highest BCUT2D eigenvalue weighted by molar-refractivity contribution is 5.81. The molecule has 6 rings (SSSR count). The number of fused-ring (bicyclic) bond motifs is 3. The van der Waals surface area contributed by atoms with Gasteiger partial charge in [-0.1, -0.05) is 56.3 Å². The number of rotatable bonds is 10. The number of H-pyrrole nitrogens is 1. The number of para-hydroxylation sites is 1. The molecular formula is C31H39N3O3. The van der Waals surface area contributed by atoms with Gasteiger partial charge in [0.1, 0.15) is 22.7 Å². The fraction of sp³-hybridized carbons (Fsp3) is 0.484. The summed E-state index contributed by atoms with van der Waals surface area (Å²) in [5, 5.41) is 0. The molecule has 2 bridgehead atoms. The number of methoxy groups -OCH3 is 1. The molecule has 6 heteroatoms. The second kappa shape index (κ2) is 10.7. The van der Waals surface area contributed by atoms with Crippen LogP contribution in [0.4, 0.5) is 0 Å². The van der Waals surface area contributed by atoms with Crippen molar-refractivity contribution in [2.24, 2.45) is 17.8 Å². The lowest BCUT2D eigenvalue weighted by Gasteiger charge is -2.50. The molecule has 196 valence electrons. The number of likely N-dealkylation sites (N-methyl/N-ethyl adjacent to an activating group) is 1. The summed E-state index contributed by atoms with van der Waals surface area (Å²) in [7, 11) is 3.82. The predicted octanol–water partition coefficient (Wildman–Crippen LogP) is 5.89. The van der Waals surface area contributed by atoms with Crippen LogP contribution in [0.3, 0.4) is 0 Å². The zero-order valence-electron chi connectivity index (χ0n) is 22.5. The minimum Gasteiger partial charge on any atom is -0.494 e. The van der Waals surface area contributed by atoms with Gasteiger partial charge in [-0.15, -0.1) is 0 Å². The zero-order chi connectivity index (χ0) is 26.0. The van der Waals surface area contributed by atoms with Crippen LogP contribution in [0.5, 0.6) is 5.75 Å². The summed E-state index contributed by atoms with van der Waals surface area (Å²) < 4.78 is 11.8. The van der Waals surface area contributed by atoms with E-state index in [2.05, 4.69) is 53.3 Å². The van der Waals surface area contributed by atoms with Crippen LogP contribution in [-0.2, 0) is 16.0 Å². The minimum absolute atomic E-state index is 0.0823. The summed E-state index contributed by atoms with van der Waals surface area (Å²) in [6.07, 6.45) is 7.23. The third kappa shape index (κ3) is 5.30. The third-order valence-electron chi connectivity index (χ3n) is 8.19. The Labute approximate surface area is 220 Å². The zero-order valence-corrected chi connectivity index (χ0v) is 22.5. The standard InChI is InChI=1S/C31H39N3O3/c1-21(2)30(35)37-31(20-23-13-14-24(31)19-25(23)22-9-6-5-7-10-22)16-18-34(3)17-15-28-32-26-11-8-12-27(36-4)29(26)33-28/h5-12,19,21,23-24H,13-18,20H2,1-4H3,(H,32,33)/t23-,24-,31+/m0/s1. The fourth-order valence-corrected chi connectivity index (χ4v) is 6.03. The lowest BCUT2D eigenvalue weighted by molar-refractivity contribution is -0.176. The van der Waals surface area contributed by atoms with Gasteiger partial charge in [-0.25, -0.2) is 4.98 Å². The fourth-order valence-electron chi connectivity index (χ4n) is 6.03. The Morgan fingerprint density at radius 1 is 1.14 bits per heavy atom. The molecule has 3 aliphatic carbocycles. The number of hydrogen-bond acceptors (Lipinski definition) is 5. The predicted molar refractivity (Wildman–Crippen MR) is 147 cm³/mol. The second-order valence-electron chi connectivity index (χ2n) is 11.1. The van der Waals surface area contributed by atoms with Crippen LogP contribution in [0.2, 0.25) is 0 Å². The maximum atomic E-state index is 12.9. The molecule has 0 aliphatic heterocycles. The van der Waals surface area contributed by atoms with E-state index >= 15 is 0 Å². The number of imidazole rings is 1. The molecule has 2 aromatic carbocycles. The Morgan fingerprint density at radius 2 is 1.95 bits per heavy atom. The molecule has 1 fully saturated rings. The van der Waals surface area contributed by atoms with Crippen LogP contribution in [0.25, 0.3) is 16.6 Å². The van der Waals surface area contributed by atoms with Gasteiger partial charge >= 0.3 is 5.97 Å². The summed E-state index contributed by atoms with van der Waals surface area (Å²) in [6.45, 7) is 5.59. The quantitative estimate of drug-likeness (QED) is 0.351. The third-order valence-corrected chi connectivity index (χ3v) is 8.19. The SMILES string of the molecule is COc1cccc2[nH]c(CCN(C)CC[C@@]3(OC(=O)C(C)C)C[C@@H]4CC[C@H]3C=C4c3ccccc3)nc12. The van der Waals surface area contributed by atoms with Crippen LogP contribution in [0, 0.1) is 17.8 Å². The highest BCUT2D eigenvalue weighted by atomic mass is 16.6. The Balaban J connectivity index is 1.28. The molecule has 0 spiro atoms. The van der Waals surface area contributed by atoms with Crippen molar-refractivity contribution in [3.63, 3.8) is 0 Å². The van der Waals surface area contributed by atoms with E-state index in [4.69, 9.17) is 14.5 Å². The molecular weight excluding hydrogens is 462 g/mol. The van der Waals surface area contributed by atoms with E-state index in [-0.39, 0.29) is 17.8 Å². The first-order chi connectivity index (χ1) is 17.9. The number of carbonyl (C=O) groups excluding carboxylic acids is 1. The average Bonchev–Trinajstić information content (AvgIpc) is 3.35. The van der Waals surface area contributed by atoms with Gasteiger partial charge in [0.25, 0.3) is 0 Å². The number of nitrogens with zero attached hydrogens (tertiary/aromatic N) is 2. The van der Waals surface area contributed by atoms with E-state index in [0.29, 0.717) is 5.92 Å². The lowest BCUT2D eigenvalue weighted by atomic mass is 9.60. The van der Waals surface area contributed by atoms with Gasteiger partial charge in [0.15, 0.2) is 0 Å². The highest BCUT2D eigenvalue weighted by Gasteiger charge is 2.50. The summed E-state index contributed by atoms with van der Waals surface area (Å²) in [5.74, 6) is 2.23. The first kappa shape index (κ1) is 25.5. The van der Waals surface area contributed by atoms with E-state index in [1.165, 1.54) is 11.1 Å². The van der Waals surface area contributed by atoms with Crippen molar-refractivity contribution >= 4 is 22.6 Å². The summed E-state index contributed by atoms with van der Waals surface area (Å²) >= 11 is 0. The molecule has 1 saturated carbocycles.